The summed E-state index contributed by atoms with van der Waals surface area (Å²) in [7, 11) is 1.66. The van der Waals surface area contributed by atoms with E-state index in [0.717, 1.165) is 28.1 Å². The number of benzene rings is 1. The van der Waals surface area contributed by atoms with E-state index in [9.17, 15) is 0 Å². The van der Waals surface area contributed by atoms with Crippen molar-refractivity contribution in [2.24, 2.45) is 0 Å². The monoisotopic (exact) mass is 301 g/mol. The summed E-state index contributed by atoms with van der Waals surface area (Å²) in [5.74, 6) is 1.59. The van der Waals surface area contributed by atoms with Crippen LogP contribution < -0.4 is 14.8 Å². The molecule has 0 bridgehead atoms. The van der Waals surface area contributed by atoms with Crippen molar-refractivity contribution in [2.75, 3.05) is 13.7 Å². The van der Waals surface area contributed by atoms with Crippen LogP contribution in [0.15, 0.2) is 16.6 Å². The van der Waals surface area contributed by atoms with E-state index in [1.807, 2.05) is 13.0 Å². The summed E-state index contributed by atoms with van der Waals surface area (Å²) >= 11 is 3.48. The van der Waals surface area contributed by atoms with Crippen LogP contribution >= 0.6 is 15.9 Å². The Bertz CT molecular complexity index is 367. The fourth-order valence-corrected chi connectivity index (χ4v) is 2.01. The van der Waals surface area contributed by atoms with Gasteiger partial charge in [-0.05, 0) is 19.1 Å². The van der Waals surface area contributed by atoms with Crippen molar-refractivity contribution in [1.82, 2.24) is 5.32 Å². The largest absolute Gasteiger partial charge is 0.493 e. The van der Waals surface area contributed by atoms with Gasteiger partial charge in [-0.2, -0.15) is 0 Å². The van der Waals surface area contributed by atoms with E-state index in [1.165, 1.54) is 0 Å². The first-order chi connectivity index (χ1) is 8.08. The first kappa shape index (κ1) is 14.3. The molecule has 0 radical (unpaired) electrons. The molecule has 0 saturated carbocycles. The molecule has 0 saturated heterocycles. The minimum Gasteiger partial charge on any atom is -0.493 e. The molecule has 1 aromatic rings. The van der Waals surface area contributed by atoms with Crippen LogP contribution in [0.1, 0.15) is 26.3 Å². The second-order valence-electron chi connectivity index (χ2n) is 4.06. The Hall–Kier alpha value is -0.740. The second-order valence-corrected chi connectivity index (χ2v) is 4.98. The fourth-order valence-electron chi connectivity index (χ4n) is 1.53. The third-order valence-corrected chi connectivity index (χ3v) is 2.76. The molecule has 0 fully saturated rings. The van der Waals surface area contributed by atoms with Crippen LogP contribution in [0.4, 0.5) is 0 Å². The molecule has 0 unspecified atom stereocenters. The number of hydrogen-bond donors (Lipinski definition) is 1. The van der Waals surface area contributed by atoms with E-state index in [-0.39, 0.29) is 0 Å². The van der Waals surface area contributed by atoms with E-state index >= 15 is 0 Å². The molecule has 0 aliphatic rings. The van der Waals surface area contributed by atoms with E-state index in [0.29, 0.717) is 12.6 Å². The van der Waals surface area contributed by atoms with Crippen molar-refractivity contribution in [2.45, 2.75) is 33.4 Å². The van der Waals surface area contributed by atoms with Gasteiger partial charge in [-0.3, -0.25) is 0 Å². The number of hydrogen-bond acceptors (Lipinski definition) is 3. The standard InChI is InChI=1S/C13H20BrNO2/c1-5-17-13-10(8-15-9(2)3)6-11(14)7-12(13)16-4/h6-7,9,15H,5,8H2,1-4H3. The highest BCUT2D eigenvalue weighted by Gasteiger charge is 2.12. The lowest BCUT2D eigenvalue weighted by atomic mass is 10.1. The fraction of sp³-hybridized carbons (Fsp3) is 0.538. The molecule has 0 aromatic heterocycles. The quantitative estimate of drug-likeness (QED) is 0.874. The summed E-state index contributed by atoms with van der Waals surface area (Å²) in [6, 6.07) is 4.42. The first-order valence-corrected chi connectivity index (χ1v) is 6.60. The van der Waals surface area contributed by atoms with Gasteiger partial charge in [0.2, 0.25) is 0 Å². The predicted octanol–water partition coefficient (Wildman–Crippen LogP) is 3.35. The molecule has 0 heterocycles. The van der Waals surface area contributed by atoms with Crippen LogP contribution in [-0.4, -0.2) is 19.8 Å². The van der Waals surface area contributed by atoms with Crippen molar-refractivity contribution in [1.29, 1.82) is 0 Å². The number of ether oxygens (including phenoxy) is 2. The van der Waals surface area contributed by atoms with Gasteiger partial charge in [-0.25, -0.2) is 0 Å². The van der Waals surface area contributed by atoms with Gasteiger partial charge in [0.25, 0.3) is 0 Å². The molecular formula is C13H20BrNO2. The van der Waals surface area contributed by atoms with Gasteiger partial charge in [0.05, 0.1) is 13.7 Å². The average Bonchev–Trinajstić information content (AvgIpc) is 2.28. The van der Waals surface area contributed by atoms with Crippen molar-refractivity contribution in [3.63, 3.8) is 0 Å². The molecule has 17 heavy (non-hydrogen) atoms. The van der Waals surface area contributed by atoms with Crippen LogP contribution in [0.3, 0.4) is 0 Å². The molecule has 1 aromatic carbocycles. The first-order valence-electron chi connectivity index (χ1n) is 5.81. The number of methoxy groups -OCH3 is 1. The van der Waals surface area contributed by atoms with Crippen molar-refractivity contribution < 1.29 is 9.47 Å². The Labute approximate surface area is 112 Å². The normalized spacial score (nSPS) is 10.7. The summed E-state index contributed by atoms with van der Waals surface area (Å²) in [5, 5.41) is 3.38. The third kappa shape index (κ3) is 4.21. The Morgan fingerprint density at radius 3 is 2.59 bits per heavy atom. The molecule has 0 atom stereocenters. The van der Waals surface area contributed by atoms with Gasteiger partial charge in [-0.15, -0.1) is 0 Å². The summed E-state index contributed by atoms with van der Waals surface area (Å²) in [6.45, 7) is 7.61. The topological polar surface area (TPSA) is 30.5 Å². The highest BCUT2D eigenvalue weighted by molar-refractivity contribution is 9.10. The Morgan fingerprint density at radius 1 is 1.35 bits per heavy atom. The maximum atomic E-state index is 5.66. The predicted molar refractivity (Wildman–Crippen MR) is 73.8 cm³/mol. The Morgan fingerprint density at radius 2 is 2.06 bits per heavy atom. The number of halogens is 1. The molecule has 4 heteroatoms. The zero-order chi connectivity index (χ0) is 12.8. The molecule has 0 aliphatic carbocycles. The van der Waals surface area contributed by atoms with Gasteiger partial charge in [-0.1, -0.05) is 29.8 Å². The van der Waals surface area contributed by atoms with Crippen LogP contribution in [0.5, 0.6) is 11.5 Å². The minimum atomic E-state index is 0.439. The zero-order valence-electron chi connectivity index (χ0n) is 10.8. The Balaban J connectivity index is 3.02. The average molecular weight is 302 g/mol. The van der Waals surface area contributed by atoms with Gasteiger partial charge < -0.3 is 14.8 Å². The zero-order valence-corrected chi connectivity index (χ0v) is 12.4. The van der Waals surface area contributed by atoms with E-state index in [4.69, 9.17) is 9.47 Å². The van der Waals surface area contributed by atoms with Crippen LogP contribution in [0, 0.1) is 0 Å². The van der Waals surface area contributed by atoms with Crippen molar-refractivity contribution in [3.8, 4) is 11.5 Å². The van der Waals surface area contributed by atoms with E-state index in [1.54, 1.807) is 7.11 Å². The lowest BCUT2D eigenvalue weighted by molar-refractivity contribution is 0.306. The molecular weight excluding hydrogens is 282 g/mol. The summed E-state index contributed by atoms with van der Waals surface area (Å²) in [6.07, 6.45) is 0. The molecule has 1 N–H and O–H groups in total. The minimum absolute atomic E-state index is 0.439. The van der Waals surface area contributed by atoms with E-state index in [2.05, 4.69) is 41.2 Å². The lowest BCUT2D eigenvalue weighted by Crippen LogP contribution is -2.22. The van der Waals surface area contributed by atoms with Crippen LogP contribution in [0.2, 0.25) is 0 Å². The van der Waals surface area contributed by atoms with Crippen LogP contribution in [-0.2, 0) is 6.54 Å². The summed E-state index contributed by atoms with van der Waals surface area (Å²) in [5.41, 5.74) is 1.10. The van der Waals surface area contributed by atoms with Crippen molar-refractivity contribution >= 4 is 15.9 Å². The van der Waals surface area contributed by atoms with Gasteiger partial charge in [0.15, 0.2) is 11.5 Å². The number of nitrogens with one attached hydrogen (secondary N) is 1. The highest BCUT2D eigenvalue weighted by Crippen LogP contribution is 2.34. The molecule has 0 spiro atoms. The molecule has 3 nitrogen and oxygen atoms in total. The van der Waals surface area contributed by atoms with Gasteiger partial charge in [0, 0.05) is 22.6 Å². The summed E-state index contributed by atoms with van der Waals surface area (Å²) in [4.78, 5) is 0. The number of rotatable bonds is 6. The maximum absolute atomic E-state index is 5.66. The molecule has 96 valence electrons. The van der Waals surface area contributed by atoms with Gasteiger partial charge in [0.1, 0.15) is 0 Å². The molecule has 0 amide bonds. The third-order valence-electron chi connectivity index (χ3n) is 2.31. The second kappa shape index (κ2) is 6.87. The Kier molecular flexibility index (Phi) is 5.78. The van der Waals surface area contributed by atoms with Gasteiger partial charge >= 0.3 is 0 Å². The highest BCUT2D eigenvalue weighted by atomic mass is 79.9. The lowest BCUT2D eigenvalue weighted by Gasteiger charge is -2.16. The van der Waals surface area contributed by atoms with Crippen molar-refractivity contribution in [3.05, 3.63) is 22.2 Å². The summed E-state index contributed by atoms with van der Waals surface area (Å²) < 4.78 is 12.0. The SMILES string of the molecule is CCOc1c(CNC(C)C)cc(Br)cc1OC. The smallest absolute Gasteiger partial charge is 0.165 e. The maximum Gasteiger partial charge on any atom is 0.165 e. The van der Waals surface area contributed by atoms with Crippen LogP contribution in [0.25, 0.3) is 0 Å². The molecule has 0 aliphatic heterocycles. The van der Waals surface area contributed by atoms with E-state index < -0.39 is 0 Å². The molecule has 1 rings (SSSR count).